The van der Waals surface area contributed by atoms with E-state index in [0.717, 1.165) is 0 Å². The average Bonchev–Trinajstić information content (AvgIpc) is 2.67. The number of hydrogen-bond donors (Lipinski definition) is 0. The minimum absolute atomic E-state index is 0.116. The molecule has 94 valence electrons. The summed E-state index contributed by atoms with van der Waals surface area (Å²) in [5, 5.41) is 0. The first-order valence-electron chi connectivity index (χ1n) is 5.67. The zero-order valence-corrected chi connectivity index (χ0v) is 10.6. The van der Waals surface area contributed by atoms with Gasteiger partial charge in [-0.15, -0.1) is 0 Å². The summed E-state index contributed by atoms with van der Waals surface area (Å²) in [6, 6.07) is 0. The van der Waals surface area contributed by atoms with Crippen molar-refractivity contribution in [2.45, 2.75) is 34.1 Å². The third kappa shape index (κ3) is 3.02. The second-order valence-corrected chi connectivity index (χ2v) is 5.02. The molecule has 0 saturated heterocycles. The number of carbonyl (C=O) groups is 3. The minimum atomic E-state index is -0.760. The molecule has 1 saturated carbocycles. The molecule has 4 nitrogen and oxygen atoms in total. The van der Waals surface area contributed by atoms with Crippen LogP contribution in [0.4, 0.5) is 0 Å². The lowest BCUT2D eigenvalue weighted by molar-refractivity contribution is -0.161. The van der Waals surface area contributed by atoms with Gasteiger partial charge in [0, 0.05) is 0 Å². The van der Waals surface area contributed by atoms with Gasteiger partial charge in [0.05, 0.1) is 5.92 Å². The summed E-state index contributed by atoms with van der Waals surface area (Å²) >= 11 is 0. The molecule has 17 heavy (non-hydrogen) atoms. The molecule has 2 atom stereocenters. The summed E-state index contributed by atoms with van der Waals surface area (Å²) in [6.45, 7) is 7.09. The van der Waals surface area contributed by atoms with Gasteiger partial charge in [0.25, 0.3) is 0 Å². The van der Waals surface area contributed by atoms with Crippen LogP contribution in [0.2, 0.25) is 0 Å². The number of carbonyl (C=O) groups excluding carboxylic acids is 3. The largest absolute Gasteiger partial charge is 0.393 e. The molecule has 0 amide bonds. The van der Waals surface area contributed by atoms with Crippen LogP contribution in [-0.4, -0.2) is 17.7 Å². The molecule has 0 aromatic heterocycles. The minimum Gasteiger partial charge on any atom is -0.393 e. The van der Waals surface area contributed by atoms with Crippen molar-refractivity contribution in [2.24, 2.45) is 17.3 Å². The normalized spacial score (nSPS) is 25.6. The van der Waals surface area contributed by atoms with E-state index >= 15 is 0 Å². The first-order valence-corrected chi connectivity index (χ1v) is 5.67. The Morgan fingerprint density at radius 3 is 2.35 bits per heavy atom. The maximum absolute atomic E-state index is 11.7. The molecule has 0 spiro atoms. The van der Waals surface area contributed by atoms with Crippen LogP contribution in [0.3, 0.4) is 0 Å². The van der Waals surface area contributed by atoms with E-state index in [1.54, 1.807) is 0 Å². The standard InChI is InChI=1S/C13H18O4/c1-5-6-9-11(13(9,3)4)12(16)17-10(15)7-8(2)14/h5-6,9,11H,7H2,1-4H3. The van der Waals surface area contributed by atoms with Crippen molar-refractivity contribution < 1.29 is 19.1 Å². The summed E-state index contributed by atoms with van der Waals surface area (Å²) in [5.41, 5.74) is -0.167. The van der Waals surface area contributed by atoms with E-state index in [1.165, 1.54) is 6.92 Å². The molecule has 1 aliphatic rings. The molecule has 0 radical (unpaired) electrons. The second kappa shape index (κ2) is 4.82. The quantitative estimate of drug-likeness (QED) is 0.426. The van der Waals surface area contributed by atoms with Gasteiger partial charge in [0.15, 0.2) is 0 Å². The van der Waals surface area contributed by atoms with Crippen molar-refractivity contribution in [1.82, 2.24) is 0 Å². The van der Waals surface area contributed by atoms with Gasteiger partial charge in [-0.05, 0) is 25.2 Å². The number of ether oxygens (including phenoxy) is 1. The summed E-state index contributed by atoms with van der Waals surface area (Å²) in [7, 11) is 0. The first-order chi connectivity index (χ1) is 7.80. The lowest BCUT2D eigenvalue weighted by Gasteiger charge is -2.02. The highest BCUT2D eigenvalue weighted by atomic mass is 16.6. The van der Waals surface area contributed by atoms with Crippen LogP contribution in [-0.2, 0) is 19.1 Å². The summed E-state index contributed by atoms with van der Waals surface area (Å²) < 4.78 is 4.66. The molecule has 2 unspecified atom stereocenters. The zero-order valence-electron chi connectivity index (χ0n) is 10.6. The zero-order chi connectivity index (χ0) is 13.2. The van der Waals surface area contributed by atoms with E-state index in [2.05, 4.69) is 4.74 Å². The predicted molar refractivity (Wildman–Crippen MR) is 62.0 cm³/mol. The van der Waals surface area contributed by atoms with Gasteiger partial charge in [-0.25, -0.2) is 0 Å². The maximum Gasteiger partial charge on any atom is 0.320 e. The number of rotatable bonds is 4. The smallest absolute Gasteiger partial charge is 0.320 e. The Morgan fingerprint density at radius 1 is 1.29 bits per heavy atom. The Morgan fingerprint density at radius 2 is 1.88 bits per heavy atom. The SMILES string of the molecule is CC=CC1C(C(=O)OC(=O)CC(C)=O)C1(C)C. The van der Waals surface area contributed by atoms with Crippen LogP contribution in [0, 0.1) is 17.3 Å². The van der Waals surface area contributed by atoms with E-state index in [-0.39, 0.29) is 29.5 Å². The Labute approximate surface area is 101 Å². The fourth-order valence-corrected chi connectivity index (χ4v) is 2.11. The lowest BCUT2D eigenvalue weighted by atomic mass is 10.1. The maximum atomic E-state index is 11.7. The van der Waals surface area contributed by atoms with Gasteiger partial charge in [-0.1, -0.05) is 26.0 Å². The molecule has 1 aliphatic carbocycles. The topological polar surface area (TPSA) is 60.4 Å². The van der Waals surface area contributed by atoms with Gasteiger partial charge in [-0.2, -0.15) is 0 Å². The number of hydrogen-bond acceptors (Lipinski definition) is 4. The molecule has 0 aromatic carbocycles. The van der Waals surface area contributed by atoms with Crippen LogP contribution < -0.4 is 0 Å². The molecule has 0 N–H and O–H groups in total. The third-order valence-corrected chi connectivity index (χ3v) is 3.17. The predicted octanol–water partition coefficient (Wildman–Crippen LogP) is 1.88. The van der Waals surface area contributed by atoms with Gasteiger partial charge < -0.3 is 4.74 Å². The van der Waals surface area contributed by atoms with Crippen molar-refractivity contribution in [3.63, 3.8) is 0 Å². The molecular weight excluding hydrogens is 220 g/mol. The summed E-state index contributed by atoms with van der Waals surface area (Å²) in [4.78, 5) is 33.6. The highest BCUT2D eigenvalue weighted by Crippen LogP contribution is 2.59. The van der Waals surface area contributed by atoms with Gasteiger partial charge in [-0.3, -0.25) is 14.4 Å². The Hall–Kier alpha value is -1.45. The van der Waals surface area contributed by atoms with Crippen LogP contribution >= 0.6 is 0 Å². The van der Waals surface area contributed by atoms with Crippen molar-refractivity contribution in [3.05, 3.63) is 12.2 Å². The molecule has 1 fully saturated rings. The van der Waals surface area contributed by atoms with Crippen molar-refractivity contribution in [1.29, 1.82) is 0 Å². The summed E-state index contributed by atoms with van der Waals surface area (Å²) in [5.74, 6) is -1.75. The van der Waals surface area contributed by atoms with Crippen LogP contribution in [0.15, 0.2) is 12.2 Å². The van der Waals surface area contributed by atoms with Crippen molar-refractivity contribution in [3.8, 4) is 0 Å². The van der Waals surface area contributed by atoms with Gasteiger partial charge >= 0.3 is 11.9 Å². The van der Waals surface area contributed by atoms with Gasteiger partial charge in [0.1, 0.15) is 12.2 Å². The van der Waals surface area contributed by atoms with Crippen molar-refractivity contribution >= 4 is 17.7 Å². The average molecular weight is 238 g/mol. The molecule has 0 bridgehead atoms. The number of esters is 2. The molecule has 0 aromatic rings. The second-order valence-electron chi connectivity index (χ2n) is 5.02. The van der Waals surface area contributed by atoms with Crippen LogP contribution in [0.1, 0.15) is 34.1 Å². The first kappa shape index (κ1) is 13.6. The Kier molecular flexibility index (Phi) is 3.86. The van der Waals surface area contributed by atoms with E-state index in [1.807, 2.05) is 32.9 Å². The number of allylic oxidation sites excluding steroid dienone is 2. The third-order valence-electron chi connectivity index (χ3n) is 3.17. The highest BCUT2D eigenvalue weighted by molar-refractivity contribution is 5.99. The highest BCUT2D eigenvalue weighted by Gasteiger charge is 2.61. The van der Waals surface area contributed by atoms with Crippen LogP contribution in [0.25, 0.3) is 0 Å². The molecule has 1 rings (SSSR count). The molecular formula is C13H18O4. The van der Waals surface area contributed by atoms with E-state index in [4.69, 9.17) is 0 Å². The van der Waals surface area contributed by atoms with Gasteiger partial charge in [0.2, 0.25) is 0 Å². The molecule has 0 heterocycles. The van der Waals surface area contributed by atoms with E-state index < -0.39 is 11.9 Å². The lowest BCUT2D eigenvalue weighted by Crippen LogP contribution is -2.18. The van der Waals surface area contributed by atoms with Crippen molar-refractivity contribution in [2.75, 3.05) is 0 Å². The monoisotopic (exact) mass is 238 g/mol. The fraction of sp³-hybridized carbons (Fsp3) is 0.615. The van der Waals surface area contributed by atoms with E-state index in [0.29, 0.717) is 0 Å². The number of ketones is 1. The fourth-order valence-electron chi connectivity index (χ4n) is 2.11. The Bertz CT molecular complexity index is 379. The van der Waals surface area contributed by atoms with E-state index in [9.17, 15) is 14.4 Å². The Balaban J connectivity index is 2.56. The molecule has 0 aliphatic heterocycles. The number of Topliss-reactive ketones (excluding diaryl/α,β-unsaturated/α-hetero) is 1. The molecule has 4 heteroatoms. The van der Waals surface area contributed by atoms with Crippen LogP contribution in [0.5, 0.6) is 0 Å². The summed E-state index contributed by atoms with van der Waals surface area (Å²) in [6.07, 6.45) is 3.49.